The van der Waals surface area contributed by atoms with Crippen LogP contribution in [0.5, 0.6) is 11.5 Å². The summed E-state index contributed by atoms with van der Waals surface area (Å²) in [6, 6.07) is 11.0. The van der Waals surface area contributed by atoms with Gasteiger partial charge in [0.15, 0.2) is 17.9 Å². The number of hydrogen-bond donors (Lipinski definition) is 4. The van der Waals surface area contributed by atoms with E-state index in [0.29, 0.717) is 5.69 Å². The number of methoxy groups -OCH3 is 1. The van der Waals surface area contributed by atoms with Gasteiger partial charge in [-0.25, -0.2) is 0 Å². The van der Waals surface area contributed by atoms with Gasteiger partial charge in [0.25, 0.3) is 5.91 Å². The summed E-state index contributed by atoms with van der Waals surface area (Å²) in [6.45, 7) is 2.80. The van der Waals surface area contributed by atoms with Crippen molar-refractivity contribution in [3.8, 4) is 11.5 Å². The number of phenols is 1. The molecule has 14 nitrogen and oxygen atoms in total. The van der Waals surface area contributed by atoms with Crippen molar-refractivity contribution in [3.63, 3.8) is 0 Å². The molecular formula is C34H32N4O10. The number of hydrogen-bond acceptors (Lipinski definition) is 11. The van der Waals surface area contributed by atoms with Crippen LogP contribution in [0.1, 0.15) is 86.1 Å². The Labute approximate surface area is 273 Å². The van der Waals surface area contributed by atoms with Crippen LogP contribution in [0, 0.1) is 0 Å². The lowest BCUT2D eigenvalue weighted by Crippen LogP contribution is -2.55. The largest absolute Gasteiger partial charge is 0.507 e. The van der Waals surface area contributed by atoms with E-state index in [9.17, 15) is 34.5 Å². The average Bonchev–Trinajstić information content (AvgIpc) is 3.05. The highest BCUT2D eigenvalue weighted by molar-refractivity contribution is 6.30. The predicted octanol–water partition coefficient (Wildman–Crippen LogP) is 3.74. The maximum absolute atomic E-state index is 13.8. The van der Waals surface area contributed by atoms with E-state index in [2.05, 4.69) is 15.3 Å². The predicted molar refractivity (Wildman–Crippen MR) is 167 cm³/mol. The van der Waals surface area contributed by atoms with Crippen LogP contribution in [-0.4, -0.2) is 75.8 Å². The fourth-order valence-electron chi connectivity index (χ4n) is 6.68. The number of aromatic hydroxyl groups is 1. The summed E-state index contributed by atoms with van der Waals surface area (Å²) in [5.41, 5.74) is 7.38. The van der Waals surface area contributed by atoms with Gasteiger partial charge in [-0.2, -0.15) is 0 Å². The highest BCUT2D eigenvalue weighted by Gasteiger charge is 2.48. The summed E-state index contributed by atoms with van der Waals surface area (Å²) < 4.78 is 17.6. The molecule has 0 saturated carbocycles. The molecule has 1 aliphatic heterocycles. The van der Waals surface area contributed by atoms with E-state index in [-0.39, 0.29) is 64.0 Å². The molecule has 0 radical (unpaired) electrons. The summed E-state index contributed by atoms with van der Waals surface area (Å²) in [6.07, 6.45) is -4.91. The number of rotatable bonds is 7. The summed E-state index contributed by atoms with van der Waals surface area (Å²) in [4.78, 5) is 55.9. The third kappa shape index (κ3) is 5.59. The van der Waals surface area contributed by atoms with Crippen LogP contribution in [0.25, 0.3) is 10.4 Å². The van der Waals surface area contributed by atoms with Gasteiger partial charge in [0, 0.05) is 52.1 Å². The molecule has 3 aliphatic rings. The lowest BCUT2D eigenvalue weighted by Gasteiger charge is -2.42. The summed E-state index contributed by atoms with van der Waals surface area (Å²) in [5.74, 6) is -2.61. The molecule has 3 aromatic rings. The second kappa shape index (κ2) is 12.5. The van der Waals surface area contributed by atoms with E-state index in [0.717, 1.165) is 0 Å². The fraction of sp³-hybridized carbons (Fsp3) is 0.353. The first-order valence-corrected chi connectivity index (χ1v) is 15.2. The number of aliphatic hydroxyl groups excluding tert-OH is 1. The number of phenolic OH excluding ortho intramolecular Hbond substituents is 1. The Morgan fingerprint density at radius 3 is 2.50 bits per heavy atom. The molecule has 248 valence electrons. The van der Waals surface area contributed by atoms with Gasteiger partial charge in [0.1, 0.15) is 23.2 Å². The van der Waals surface area contributed by atoms with Gasteiger partial charge in [0.2, 0.25) is 5.78 Å². The Kier molecular flexibility index (Phi) is 8.54. The van der Waals surface area contributed by atoms with Gasteiger partial charge in [0.05, 0.1) is 36.5 Å². The number of ketones is 3. The number of carbonyl (C=O) groups is 4. The molecule has 14 heteroatoms. The second-order valence-electron chi connectivity index (χ2n) is 12.2. The monoisotopic (exact) mass is 656 g/mol. The quantitative estimate of drug-likeness (QED) is 0.128. The first kappa shape index (κ1) is 32.8. The van der Waals surface area contributed by atoms with Gasteiger partial charge in [-0.05, 0) is 49.2 Å². The standard InChI is InChI=1S/C34H32N4O10/c1-15-29(40)22(36-33(44)17-7-9-19(10-8-17)37-38-35)12-25(47-15)48-24-14-34(45,16(2)39)13-18-11-21-28(31(42)26(18)24)32(43)27-20(30(21)41)5-4-6-23(27)46-3/h4-11,15,22,24-25,29,40,42,45H,12-14H2,1-3H3,(H,36,44)/t15?,22?,24-,25?,29?,34-/m0/s1. The summed E-state index contributed by atoms with van der Waals surface area (Å²) in [7, 11) is 1.36. The van der Waals surface area contributed by atoms with Crippen LogP contribution < -0.4 is 10.1 Å². The molecule has 0 aromatic heterocycles. The number of nitrogens with zero attached hydrogens (tertiary/aromatic N) is 3. The molecule has 1 amide bonds. The first-order valence-electron chi connectivity index (χ1n) is 15.2. The van der Waals surface area contributed by atoms with Crippen molar-refractivity contribution in [1.29, 1.82) is 0 Å². The zero-order valence-electron chi connectivity index (χ0n) is 26.2. The normalized spacial score (nSPS) is 26.0. The van der Waals surface area contributed by atoms with E-state index in [1.54, 1.807) is 13.0 Å². The molecule has 1 saturated heterocycles. The van der Waals surface area contributed by atoms with Crippen LogP contribution >= 0.6 is 0 Å². The topological polar surface area (TPSA) is 217 Å². The Morgan fingerprint density at radius 2 is 1.83 bits per heavy atom. The molecule has 4 N–H and O–H groups in total. The van der Waals surface area contributed by atoms with Crippen molar-refractivity contribution in [2.45, 2.75) is 69.4 Å². The Balaban J connectivity index is 1.33. The minimum absolute atomic E-state index is 0.00529. The molecule has 3 aromatic carbocycles. The van der Waals surface area contributed by atoms with Crippen LogP contribution in [0.3, 0.4) is 0 Å². The van der Waals surface area contributed by atoms with E-state index in [1.165, 1.54) is 56.5 Å². The van der Waals surface area contributed by atoms with Gasteiger partial charge in [-0.1, -0.05) is 29.4 Å². The first-order chi connectivity index (χ1) is 22.9. The van der Waals surface area contributed by atoms with E-state index >= 15 is 0 Å². The van der Waals surface area contributed by atoms with Crippen molar-refractivity contribution in [2.24, 2.45) is 5.11 Å². The highest BCUT2D eigenvalue weighted by Crippen LogP contribution is 2.48. The number of fused-ring (bicyclic) bond motifs is 3. The Bertz CT molecular complexity index is 1900. The Morgan fingerprint density at radius 1 is 1.10 bits per heavy atom. The SMILES string of the molecule is COc1cccc2c1C(=O)c1c(cc3c(c1O)[C@@H](OC1CC(NC(=O)c4ccc(N=[N+]=[N-])cc4)C(O)C(C)O1)C[C@](O)(C(C)=O)C3)C2=O. The molecule has 1 heterocycles. The maximum atomic E-state index is 13.8. The van der Waals surface area contributed by atoms with Gasteiger partial charge in [-0.15, -0.1) is 0 Å². The molecule has 2 aliphatic carbocycles. The number of carbonyl (C=O) groups excluding carboxylic acids is 4. The van der Waals surface area contributed by atoms with E-state index in [4.69, 9.17) is 19.7 Å². The highest BCUT2D eigenvalue weighted by atomic mass is 16.7. The van der Waals surface area contributed by atoms with E-state index in [1.807, 2.05) is 0 Å². The number of amides is 1. The molecule has 6 rings (SSSR count). The minimum atomic E-state index is -1.93. The molecule has 1 fully saturated rings. The molecule has 0 spiro atoms. The summed E-state index contributed by atoms with van der Waals surface area (Å²) >= 11 is 0. The van der Waals surface area contributed by atoms with Gasteiger partial charge < -0.3 is 34.8 Å². The third-order valence-electron chi connectivity index (χ3n) is 9.23. The molecule has 48 heavy (non-hydrogen) atoms. The molecule has 4 unspecified atom stereocenters. The zero-order valence-corrected chi connectivity index (χ0v) is 26.2. The van der Waals surface area contributed by atoms with Crippen LogP contribution in [0.2, 0.25) is 0 Å². The van der Waals surface area contributed by atoms with Crippen molar-refractivity contribution < 1.29 is 48.7 Å². The number of azide groups is 1. The van der Waals surface area contributed by atoms with Crippen molar-refractivity contribution in [1.82, 2.24) is 5.32 Å². The second-order valence-corrected chi connectivity index (χ2v) is 12.2. The fourth-order valence-corrected chi connectivity index (χ4v) is 6.68. The smallest absolute Gasteiger partial charge is 0.251 e. The molecule has 6 atom stereocenters. The average molecular weight is 657 g/mol. The number of Topliss-reactive ketones (excluding diaryl/α,β-unsaturated/α-hetero) is 1. The van der Waals surface area contributed by atoms with Crippen molar-refractivity contribution in [3.05, 3.63) is 97.9 Å². The summed E-state index contributed by atoms with van der Waals surface area (Å²) in [5, 5.41) is 40.3. The van der Waals surface area contributed by atoms with Crippen molar-refractivity contribution in [2.75, 3.05) is 7.11 Å². The molecule has 0 bridgehead atoms. The number of nitrogens with one attached hydrogen (secondary N) is 1. The maximum Gasteiger partial charge on any atom is 0.251 e. The number of ether oxygens (including phenoxy) is 3. The van der Waals surface area contributed by atoms with Crippen LogP contribution in [0.15, 0.2) is 53.6 Å². The lowest BCUT2D eigenvalue weighted by molar-refractivity contribution is -0.248. The third-order valence-corrected chi connectivity index (χ3v) is 9.23. The van der Waals surface area contributed by atoms with Gasteiger partial charge in [-0.3, -0.25) is 19.2 Å². The van der Waals surface area contributed by atoms with Crippen LogP contribution in [-0.2, 0) is 20.7 Å². The van der Waals surface area contributed by atoms with Gasteiger partial charge >= 0.3 is 0 Å². The van der Waals surface area contributed by atoms with Crippen molar-refractivity contribution >= 4 is 28.9 Å². The zero-order chi connectivity index (χ0) is 34.5. The number of aliphatic hydroxyl groups is 2. The minimum Gasteiger partial charge on any atom is -0.507 e. The lowest BCUT2D eigenvalue weighted by atomic mass is 9.72. The van der Waals surface area contributed by atoms with E-state index < -0.39 is 65.3 Å². The molecular weight excluding hydrogens is 624 g/mol. The number of benzene rings is 3. The Hall–Kier alpha value is -5.11. The van der Waals surface area contributed by atoms with Crippen LogP contribution in [0.4, 0.5) is 5.69 Å².